The van der Waals surface area contributed by atoms with Crippen LogP contribution >= 0.6 is 0 Å². The van der Waals surface area contributed by atoms with Crippen molar-refractivity contribution in [3.05, 3.63) is 60.0 Å². The number of benzene rings is 1. The van der Waals surface area contributed by atoms with Crippen LogP contribution in [0.25, 0.3) is 10.9 Å². The third-order valence-electron chi connectivity index (χ3n) is 5.59. The Balaban J connectivity index is 1.46. The summed E-state index contributed by atoms with van der Waals surface area (Å²) < 4.78 is 5.35. The lowest BCUT2D eigenvalue weighted by Crippen LogP contribution is -2.50. The number of nitriles is 1. The lowest BCUT2D eigenvalue weighted by Gasteiger charge is -2.20. The molecule has 2 heterocycles. The van der Waals surface area contributed by atoms with Gasteiger partial charge in [-0.05, 0) is 42.7 Å². The van der Waals surface area contributed by atoms with Crippen molar-refractivity contribution in [1.29, 1.82) is 5.26 Å². The zero-order valence-corrected chi connectivity index (χ0v) is 17.8. The third kappa shape index (κ3) is 5.06. The SMILES string of the molecule is COc1cccc2[nH]c(C(=O)N[C@@H](CC3CC3)C(=O)N[C@H](C#N)Cc3ccccn3)cc12. The lowest BCUT2D eigenvalue weighted by atomic mass is 10.1. The number of carbonyl (C=O) groups is 2. The number of carbonyl (C=O) groups excluding carboxylic acids is 2. The van der Waals surface area contributed by atoms with Crippen LogP contribution in [0.5, 0.6) is 5.75 Å². The molecule has 164 valence electrons. The number of ether oxygens (including phenoxy) is 1. The highest BCUT2D eigenvalue weighted by molar-refractivity contribution is 6.01. The van der Waals surface area contributed by atoms with E-state index in [0.717, 1.165) is 23.7 Å². The van der Waals surface area contributed by atoms with E-state index in [1.165, 1.54) is 0 Å². The van der Waals surface area contributed by atoms with Crippen LogP contribution in [0, 0.1) is 17.2 Å². The molecule has 0 saturated heterocycles. The number of nitrogens with one attached hydrogen (secondary N) is 3. The molecule has 1 aliphatic carbocycles. The molecule has 1 saturated carbocycles. The van der Waals surface area contributed by atoms with Crippen molar-refractivity contribution in [2.75, 3.05) is 7.11 Å². The topological polar surface area (TPSA) is 120 Å². The summed E-state index contributed by atoms with van der Waals surface area (Å²) in [7, 11) is 1.58. The van der Waals surface area contributed by atoms with E-state index in [0.29, 0.717) is 35.9 Å². The van der Waals surface area contributed by atoms with Gasteiger partial charge in [-0.25, -0.2) is 0 Å². The van der Waals surface area contributed by atoms with Gasteiger partial charge in [-0.1, -0.05) is 25.0 Å². The fourth-order valence-electron chi connectivity index (χ4n) is 3.71. The molecule has 4 rings (SSSR count). The Morgan fingerprint density at radius 2 is 2.09 bits per heavy atom. The van der Waals surface area contributed by atoms with Gasteiger partial charge in [-0.15, -0.1) is 0 Å². The van der Waals surface area contributed by atoms with Gasteiger partial charge in [0, 0.05) is 29.2 Å². The maximum absolute atomic E-state index is 13.0. The van der Waals surface area contributed by atoms with Crippen molar-refractivity contribution in [2.45, 2.75) is 37.8 Å². The Kier molecular flexibility index (Phi) is 6.36. The molecule has 32 heavy (non-hydrogen) atoms. The van der Waals surface area contributed by atoms with Gasteiger partial charge in [0.25, 0.3) is 5.91 Å². The van der Waals surface area contributed by atoms with Gasteiger partial charge in [0.2, 0.25) is 5.91 Å². The molecule has 0 aliphatic heterocycles. The number of amides is 2. The molecule has 1 aliphatic rings. The third-order valence-corrected chi connectivity index (χ3v) is 5.59. The Morgan fingerprint density at radius 1 is 1.25 bits per heavy atom. The second-order valence-corrected chi connectivity index (χ2v) is 8.03. The maximum Gasteiger partial charge on any atom is 0.268 e. The highest BCUT2D eigenvalue weighted by Gasteiger charge is 2.32. The molecular weight excluding hydrogens is 406 g/mol. The molecule has 3 aromatic rings. The summed E-state index contributed by atoms with van der Waals surface area (Å²) >= 11 is 0. The number of fused-ring (bicyclic) bond motifs is 1. The van der Waals surface area contributed by atoms with Crippen LogP contribution < -0.4 is 15.4 Å². The largest absolute Gasteiger partial charge is 0.496 e. The Hall–Kier alpha value is -3.86. The first-order valence-corrected chi connectivity index (χ1v) is 10.6. The quantitative estimate of drug-likeness (QED) is 0.481. The number of pyridine rings is 1. The van der Waals surface area contributed by atoms with Crippen molar-refractivity contribution in [3.8, 4) is 11.8 Å². The molecular formula is C24H25N5O3. The second kappa shape index (κ2) is 9.52. The average molecular weight is 431 g/mol. The van der Waals surface area contributed by atoms with Crippen LogP contribution in [0.15, 0.2) is 48.7 Å². The van der Waals surface area contributed by atoms with Crippen LogP contribution in [0.1, 0.15) is 35.4 Å². The summed E-state index contributed by atoms with van der Waals surface area (Å²) in [6.45, 7) is 0. The van der Waals surface area contributed by atoms with E-state index in [1.54, 1.807) is 25.4 Å². The number of aromatic nitrogens is 2. The smallest absolute Gasteiger partial charge is 0.268 e. The number of hydrogen-bond acceptors (Lipinski definition) is 5. The van der Waals surface area contributed by atoms with Crippen molar-refractivity contribution in [3.63, 3.8) is 0 Å². The predicted molar refractivity (Wildman–Crippen MR) is 119 cm³/mol. The van der Waals surface area contributed by atoms with Gasteiger partial charge in [-0.2, -0.15) is 5.26 Å². The fraction of sp³-hybridized carbons (Fsp3) is 0.333. The number of hydrogen-bond donors (Lipinski definition) is 3. The maximum atomic E-state index is 13.0. The van der Waals surface area contributed by atoms with Crippen LogP contribution in [-0.2, 0) is 11.2 Å². The van der Waals surface area contributed by atoms with Crippen molar-refractivity contribution < 1.29 is 14.3 Å². The van der Waals surface area contributed by atoms with E-state index in [4.69, 9.17) is 4.74 Å². The number of rotatable bonds is 9. The molecule has 2 atom stereocenters. The molecule has 1 fully saturated rings. The van der Waals surface area contributed by atoms with Crippen molar-refractivity contribution >= 4 is 22.7 Å². The summed E-state index contributed by atoms with van der Waals surface area (Å²) in [5.74, 6) is 0.338. The minimum atomic E-state index is -0.728. The van der Waals surface area contributed by atoms with Gasteiger partial charge in [0.1, 0.15) is 23.5 Å². The Morgan fingerprint density at radius 3 is 2.78 bits per heavy atom. The van der Waals surface area contributed by atoms with Crippen LogP contribution in [0.3, 0.4) is 0 Å². The number of nitrogens with zero attached hydrogens (tertiary/aromatic N) is 2. The minimum absolute atomic E-state index is 0.301. The zero-order valence-electron chi connectivity index (χ0n) is 17.8. The minimum Gasteiger partial charge on any atom is -0.496 e. The molecule has 1 aromatic carbocycles. The first-order chi connectivity index (χ1) is 15.6. The molecule has 8 nitrogen and oxygen atoms in total. The molecule has 2 amide bonds. The van der Waals surface area contributed by atoms with Gasteiger partial charge in [0.15, 0.2) is 0 Å². The van der Waals surface area contributed by atoms with Crippen LogP contribution in [0.2, 0.25) is 0 Å². The average Bonchev–Trinajstić information content (AvgIpc) is 3.52. The molecule has 0 radical (unpaired) electrons. The number of aromatic amines is 1. The molecule has 8 heteroatoms. The molecule has 0 unspecified atom stereocenters. The molecule has 0 spiro atoms. The van der Waals surface area contributed by atoms with Gasteiger partial charge < -0.3 is 20.4 Å². The highest BCUT2D eigenvalue weighted by Crippen LogP contribution is 2.33. The molecule has 3 N–H and O–H groups in total. The van der Waals surface area contributed by atoms with Crippen LogP contribution in [0.4, 0.5) is 0 Å². The van der Waals surface area contributed by atoms with E-state index in [-0.39, 0.29) is 11.8 Å². The standard InChI is InChI=1S/C24H25N5O3/c1-32-22-7-4-6-19-18(22)13-21(28-19)24(31)29-20(11-15-8-9-15)23(30)27-17(14-25)12-16-5-2-3-10-26-16/h2-7,10,13,15,17,20,28H,8-9,11-12H2,1H3,(H,27,30)(H,29,31)/t17-,20-/m0/s1. The van der Waals surface area contributed by atoms with Gasteiger partial charge >= 0.3 is 0 Å². The normalized spacial score (nSPS) is 14.9. The van der Waals surface area contributed by atoms with E-state index in [9.17, 15) is 14.9 Å². The first kappa shape index (κ1) is 21.4. The monoisotopic (exact) mass is 431 g/mol. The summed E-state index contributed by atoms with van der Waals surface area (Å²) in [5, 5.41) is 15.9. The fourth-order valence-corrected chi connectivity index (χ4v) is 3.71. The molecule has 0 bridgehead atoms. The summed E-state index contributed by atoms with van der Waals surface area (Å²) in [6.07, 6.45) is 4.58. The predicted octanol–water partition coefficient (Wildman–Crippen LogP) is 2.72. The number of H-pyrrole nitrogens is 1. The second-order valence-electron chi connectivity index (χ2n) is 8.03. The van der Waals surface area contributed by atoms with E-state index < -0.39 is 12.1 Å². The molecule has 2 aromatic heterocycles. The summed E-state index contributed by atoms with van der Waals surface area (Å²) in [6, 6.07) is 13.4. The summed E-state index contributed by atoms with van der Waals surface area (Å²) in [5.41, 5.74) is 1.84. The van der Waals surface area contributed by atoms with Gasteiger partial charge in [-0.3, -0.25) is 14.6 Å². The van der Waals surface area contributed by atoms with E-state index in [2.05, 4.69) is 26.7 Å². The number of methoxy groups -OCH3 is 1. The zero-order chi connectivity index (χ0) is 22.5. The van der Waals surface area contributed by atoms with Gasteiger partial charge in [0.05, 0.1) is 13.2 Å². The Labute approximate surface area is 186 Å². The summed E-state index contributed by atoms with van der Waals surface area (Å²) in [4.78, 5) is 33.2. The van der Waals surface area contributed by atoms with E-state index >= 15 is 0 Å². The van der Waals surface area contributed by atoms with Crippen molar-refractivity contribution in [1.82, 2.24) is 20.6 Å². The van der Waals surface area contributed by atoms with E-state index in [1.807, 2.05) is 30.3 Å². The lowest BCUT2D eigenvalue weighted by molar-refractivity contribution is -0.123. The van der Waals surface area contributed by atoms with Crippen molar-refractivity contribution in [2.24, 2.45) is 5.92 Å². The first-order valence-electron chi connectivity index (χ1n) is 10.6. The van der Waals surface area contributed by atoms with Crippen LogP contribution in [-0.4, -0.2) is 41.0 Å². The Bertz CT molecular complexity index is 1150. The highest BCUT2D eigenvalue weighted by atomic mass is 16.5.